The zero-order chi connectivity index (χ0) is 19.1. The Kier molecular flexibility index (Phi) is 4.57. The van der Waals surface area contributed by atoms with E-state index >= 15 is 0 Å². The van der Waals surface area contributed by atoms with Crippen LogP contribution < -0.4 is 15.8 Å². The highest BCUT2D eigenvalue weighted by Gasteiger charge is 2.26. The van der Waals surface area contributed by atoms with Crippen LogP contribution in [0.3, 0.4) is 0 Å². The normalized spacial score (nSPS) is 12.9. The summed E-state index contributed by atoms with van der Waals surface area (Å²) in [7, 11) is 0. The number of rotatable bonds is 4. The zero-order valence-corrected chi connectivity index (χ0v) is 16.1. The molecule has 3 N–H and O–H groups in total. The van der Waals surface area contributed by atoms with E-state index in [0.29, 0.717) is 46.7 Å². The first-order valence-electron chi connectivity index (χ1n) is 8.52. The largest absolute Gasteiger partial charge is 0.491 e. The van der Waals surface area contributed by atoms with Crippen LogP contribution in [0.1, 0.15) is 12.5 Å². The van der Waals surface area contributed by atoms with Crippen molar-refractivity contribution in [2.24, 2.45) is 0 Å². The van der Waals surface area contributed by atoms with Crippen LogP contribution in [-0.4, -0.2) is 33.6 Å². The number of hydrogen-bond acceptors (Lipinski definition) is 5. The number of fused-ring (bicyclic) bond motifs is 2. The molecule has 0 saturated carbocycles. The van der Waals surface area contributed by atoms with Crippen molar-refractivity contribution >= 4 is 46.1 Å². The van der Waals surface area contributed by atoms with E-state index in [9.17, 15) is 4.79 Å². The first-order chi connectivity index (χ1) is 13.0. The average molecular weight is 406 g/mol. The van der Waals surface area contributed by atoms with Crippen LogP contribution in [-0.2, 0) is 17.8 Å². The molecule has 1 aliphatic rings. The molecule has 0 spiro atoms. The van der Waals surface area contributed by atoms with E-state index in [4.69, 9.17) is 33.7 Å². The molecule has 0 unspecified atom stereocenters. The number of nitrogens with one attached hydrogen (secondary N) is 1. The molecule has 9 heteroatoms. The van der Waals surface area contributed by atoms with Crippen LogP contribution in [0.25, 0.3) is 22.3 Å². The SMILES string of the molecule is CCNC(=O)Cn1ccc2c(-c3c(Cl)cc(Cl)c4c3CCO4)nc(N)nc21. The van der Waals surface area contributed by atoms with E-state index in [-0.39, 0.29) is 18.4 Å². The smallest absolute Gasteiger partial charge is 0.239 e. The summed E-state index contributed by atoms with van der Waals surface area (Å²) in [6, 6.07) is 3.51. The van der Waals surface area contributed by atoms with Gasteiger partial charge in [-0.2, -0.15) is 4.98 Å². The second-order valence-corrected chi connectivity index (χ2v) is 7.00. The maximum absolute atomic E-state index is 12.0. The van der Waals surface area contributed by atoms with Gasteiger partial charge in [0, 0.05) is 35.7 Å². The highest BCUT2D eigenvalue weighted by Crippen LogP contribution is 2.45. The molecule has 0 radical (unpaired) electrons. The van der Waals surface area contributed by atoms with Crippen LogP contribution in [0.15, 0.2) is 18.3 Å². The van der Waals surface area contributed by atoms with E-state index in [1.807, 2.05) is 13.0 Å². The first-order valence-corrected chi connectivity index (χ1v) is 9.28. The second-order valence-electron chi connectivity index (χ2n) is 6.19. The van der Waals surface area contributed by atoms with Crippen LogP contribution >= 0.6 is 23.2 Å². The lowest BCUT2D eigenvalue weighted by molar-refractivity contribution is -0.121. The Labute approximate surface area is 165 Å². The van der Waals surface area contributed by atoms with Crippen LogP contribution in [0.4, 0.5) is 5.95 Å². The van der Waals surface area contributed by atoms with Crippen molar-refractivity contribution in [1.82, 2.24) is 19.9 Å². The van der Waals surface area contributed by atoms with Gasteiger partial charge in [-0.1, -0.05) is 23.2 Å². The van der Waals surface area contributed by atoms with Gasteiger partial charge < -0.3 is 20.4 Å². The number of anilines is 1. The maximum atomic E-state index is 12.0. The molecule has 4 rings (SSSR count). The van der Waals surface area contributed by atoms with E-state index in [2.05, 4.69) is 15.3 Å². The molecular weight excluding hydrogens is 389 g/mol. The molecule has 0 fully saturated rings. The van der Waals surface area contributed by atoms with E-state index in [0.717, 1.165) is 16.5 Å². The number of carbonyl (C=O) groups excluding carboxylic acids is 1. The minimum Gasteiger partial charge on any atom is -0.491 e. The second kappa shape index (κ2) is 6.90. The number of hydrogen-bond donors (Lipinski definition) is 2. The van der Waals surface area contributed by atoms with Crippen LogP contribution in [0.5, 0.6) is 5.75 Å². The van der Waals surface area contributed by atoms with Gasteiger partial charge in [0.2, 0.25) is 11.9 Å². The molecule has 1 amide bonds. The number of ether oxygens (including phenoxy) is 1. The Bertz CT molecular complexity index is 1060. The molecule has 0 bridgehead atoms. The van der Waals surface area contributed by atoms with Crippen molar-refractivity contribution in [3.8, 4) is 17.0 Å². The van der Waals surface area contributed by atoms with Crippen molar-refractivity contribution in [2.45, 2.75) is 19.9 Å². The lowest BCUT2D eigenvalue weighted by atomic mass is 10.00. The fourth-order valence-corrected chi connectivity index (χ4v) is 4.01. The Balaban J connectivity index is 1.91. The molecule has 3 heterocycles. The molecule has 0 saturated heterocycles. The van der Waals surface area contributed by atoms with Crippen LogP contribution in [0.2, 0.25) is 10.0 Å². The van der Waals surface area contributed by atoms with Crippen molar-refractivity contribution in [1.29, 1.82) is 0 Å². The standard InChI is InChI=1S/C18H17Cl2N5O2/c1-2-22-13(26)8-25-5-3-10-15(23-18(21)24-17(10)25)14-9-4-6-27-16(9)12(20)7-11(14)19/h3,5,7H,2,4,6,8H2,1H3,(H,22,26)(H2,21,23,24). The number of nitrogen functional groups attached to an aromatic ring is 1. The Morgan fingerprint density at radius 2 is 2.19 bits per heavy atom. The molecular formula is C18H17Cl2N5O2. The summed E-state index contributed by atoms with van der Waals surface area (Å²) in [5, 5.41) is 4.48. The van der Waals surface area contributed by atoms with Gasteiger partial charge in [0.25, 0.3) is 0 Å². The van der Waals surface area contributed by atoms with Crippen molar-refractivity contribution < 1.29 is 9.53 Å². The first kappa shape index (κ1) is 17.9. The highest BCUT2D eigenvalue weighted by atomic mass is 35.5. The highest BCUT2D eigenvalue weighted by molar-refractivity contribution is 6.38. The molecule has 1 aromatic carbocycles. The van der Waals surface area contributed by atoms with Gasteiger partial charge in [0.15, 0.2) is 0 Å². The Morgan fingerprint density at radius 1 is 1.37 bits per heavy atom. The van der Waals surface area contributed by atoms with Gasteiger partial charge in [-0.05, 0) is 19.1 Å². The number of aromatic nitrogens is 3. The monoisotopic (exact) mass is 405 g/mol. The third kappa shape index (κ3) is 3.07. The van der Waals surface area contributed by atoms with Gasteiger partial charge in [-0.3, -0.25) is 4.79 Å². The lowest BCUT2D eigenvalue weighted by Gasteiger charge is -2.13. The molecule has 2 aromatic heterocycles. The van der Waals surface area contributed by atoms with E-state index < -0.39 is 0 Å². The number of amides is 1. The summed E-state index contributed by atoms with van der Waals surface area (Å²) in [6.07, 6.45) is 2.47. The molecule has 27 heavy (non-hydrogen) atoms. The lowest BCUT2D eigenvalue weighted by Crippen LogP contribution is -2.26. The van der Waals surface area contributed by atoms with Gasteiger partial charge in [-0.15, -0.1) is 0 Å². The van der Waals surface area contributed by atoms with Crippen molar-refractivity contribution in [3.63, 3.8) is 0 Å². The number of likely N-dealkylation sites (N-methyl/N-ethyl adjacent to an activating group) is 1. The van der Waals surface area contributed by atoms with Gasteiger partial charge in [-0.25, -0.2) is 4.98 Å². The minimum absolute atomic E-state index is 0.104. The summed E-state index contributed by atoms with van der Waals surface area (Å²) in [4.78, 5) is 20.7. The fraction of sp³-hybridized carbons (Fsp3) is 0.278. The molecule has 0 atom stereocenters. The number of benzene rings is 1. The maximum Gasteiger partial charge on any atom is 0.239 e. The molecule has 0 aliphatic carbocycles. The third-order valence-corrected chi connectivity index (χ3v) is 5.02. The topological polar surface area (TPSA) is 95.1 Å². The number of nitrogens with two attached hydrogens (primary N) is 1. The molecule has 140 valence electrons. The van der Waals surface area contributed by atoms with Gasteiger partial charge >= 0.3 is 0 Å². The third-order valence-electron chi connectivity index (χ3n) is 4.44. The van der Waals surface area contributed by atoms with Gasteiger partial charge in [0.05, 0.1) is 22.3 Å². The summed E-state index contributed by atoms with van der Waals surface area (Å²) in [5.74, 6) is 0.628. The molecule has 1 aliphatic heterocycles. The van der Waals surface area contributed by atoms with E-state index in [1.165, 1.54) is 0 Å². The number of halogens is 2. The average Bonchev–Trinajstić information content (AvgIpc) is 3.23. The predicted molar refractivity (Wildman–Crippen MR) is 105 cm³/mol. The van der Waals surface area contributed by atoms with Crippen LogP contribution in [0, 0.1) is 0 Å². The molecule has 3 aromatic rings. The predicted octanol–water partition coefficient (Wildman–Crippen LogP) is 3.06. The minimum atomic E-state index is -0.104. The quantitative estimate of drug-likeness (QED) is 0.695. The summed E-state index contributed by atoms with van der Waals surface area (Å²) in [5.41, 5.74) is 8.79. The number of nitrogens with zero attached hydrogens (tertiary/aromatic N) is 3. The summed E-state index contributed by atoms with van der Waals surface area (Å²) in [6.45, 7) is 3.11. The molecule has 7 nitrogen and oxygen atoms in total. The van der Waals surface area contributed by atoms with Crippen molar-refractivity contribution in [2.75, 3.05) is 18.9 Å². The van der Waals surface area contributed by atoms with Gasteiger partial charge in [0.1, 0.15) is 17.9 Å². The van der Waals surface area contributed by atoms with Crippen molar-refractivity contribution in [3.05, 3.63) is 33.9 Å². The summed E-state index contributed by atoms with van der Waals surface area (Å²) >= 11 is 12.8. The Morgan fingerprint density at radius 3 is 2.96 bits per heavy atom. The summed E-state index contributed by atoms with van der Waals surface area (Å²) < 4.78 is 7.39. The Hall–Kier alpha value is -2.51. The zero-order valence-electron chi connectivity index (χ0n) is 14.6. The number of carbonyl (C=O) groups is 1. The van der Waals surface area contributed by atoms with E-state index in [1.54, 1.807) is 16.8 Å². The fourth-order valence-electron chi connectivity index (χ4n) is 3.36.